The van der Waals surface area contributed by atoms with Crippen LogP contribution in [0.4, 0.5) is 0 Å². The van der Waals surface area contributed by atoms with Crippen LogP contribution in [-0.2, 0) is 6.42 Å². The third-order valence-electron chi connectivity index (χ3n) is 4.19. The Labute approximate surface area is 167 Å². The van der Waals surface area contributed by atoms with Crippen molar-refractivity contribution in [1.82, 2.24) is 10.2 Å². The molecule has 0 spiro atoms. The third-order valence-corrected chi connectivity index (χ3v) is 4.19. The van der Waals surface area contributed by atoms with Gasteiger partial charge in [-0.25, -0.2) is 0 Å². The first-order valence-electron chi connectivity index (χ1n) is 8.67. The lowest BCUT2D eigenvalue weighted by molar-refractivity contribution is 0.439. The third kappa shape index (κ3) is 5.63. The topological polar surface area (TPSA) is 40.8 Å². The van der Waals surface area contributed by atoms with Crippen molar-refractivity contribution in [2.24, 2.45) is 4.99 Å². The van der Waals surface area contributed by atoms with E-state index in [9.17, 15) is 0 Å². The molecule has 1 aromatic carbocycles. The van der Waals surface area contributed by atoms with Crippen molar-refractivity contribution >= 4 is 35.5 Å². The number of nitrogens with one attached hydrogen (secondary N) is 1. The molecule has 0 atom stereocenters. The lowest BCUT2D eigenvalue weighted by Gasteiger charge is -2.29. The van der Waals surface area contributed by atoms with E-state index in [4.69, 9.17) is 9.41 Å². The number of hydrogen-bond acceptors (Lipinski definition) is 2. The molecule has 4 nitrogen and oxygen atoms in total. The number of guanidine groups is 1. The number of aliphatic imine (C=N–C) groups is 1. The molecule has 0 amide bonds. The monoisotopic (exact) mass is 451 g/mol. The van der Waals surface area contributed by atoms with Crippen molar-refractivity contribution in [3.63, 3.8) is 0 Å². The fourth-order valence-corrected chi connectivity index (χ4v) is 2.93. The molecule has 25 heavy (non-hydrogen) atoms. The van der Waals surface area contributed by atoms with Crippen molar-refractivity contribution in [3.8, 4) is 0 Å². The first-order chi connectivity index (χ1) is 11.9. The van der Waals surface area contributed by atoms with Gasteiger partial charge in [-0.05, 0) is 36.6 Å². The summed E-state index contributed by atoms with van der Waals surface area (Å²) in [6.45, 7) is 5.62. The molecule has 0 saturated heterocycles. The van der Waals surface area contributed by atoms with E-state index < -0.39 is 0 Å². The predicted molar refractivity (Wildman–Crippen MR) is 114 cm³/mol. The van der Waals surface area contributed by atoms with E-state index >= 15 is 0 Å². The van der Waals surface area contributed by atoms with E-state index in [-0.39, 0.29) is 24.0 Å². The lowest BCUT2D eigenvalue weighted by Crippen LogP contribution is -2.43. The second-order valence-electron chi connectivity index (χ2n) is 5.86. The SMILES string of the molecule is CCNC(=NCCc1ccco1)N1CC=C(c2ccccc2)CC1.I. The van der Waals surface area contributed by atoms with Crippen LogP contribution in [0.3, 0.4) is 0 Å². The van der Waals surface area contributed by atoms with Gasteiger partial charge in [0.05, 0.1) is 6.26 Å². The average Bonchev–Trinajstić information content (AvgIpc) is 3.15. The summed E-state index contributed by atoms with van der Waals surface area (Å²) in [5, 5.41) is 3.40. The molecule has 0 fully saturated rings. The summed E-state index contributed by atoms with van der Waals surface area (Å²) in [4.78, 5) is 7.07. The van der Waals surface area contributed by atoms with Crippen LogP contribution in [-0.4, -0.2) is 37.0 Å². The van der Waals surface area contributed by atoms with Gasteiger partial charge in [0.1, 0.15) is 5.76 Å². The van der Waals surface area contributed by atoms with Gasteiger partial charge in [-0.15, -0.1) is 24.0 Å². The Bertz CT molecular complexity index is 680. The van der Waals surface area contributed by atoms with E-state index in [2.05, 4.69) is 53.5 Å². The normalized spacial score (nSPS) is 14.7. The summed E-state index contributed by atoms with van der Waals surface area (Å²) < 4.78 is 5.37. The minimum atomic E-state index is 0. The Morgan fingerprint density at radius 2 is 2.04 bits per heavy atom. The van der Waals surface area contributed by atoms with E-state index in [0.717, 1.165) is 50.7 Å². The molecular formula is C20H26IN3O. The summed E-state index contributed by atoms with van der Waals surface area (Å²) in [5.41, 5.74) is 2.76. The Kier molecular flexibility index (Phi) is 8.04. The molecule has 1 aliphatic rings. The Balaban J connectivity index is 0.00000225. The first-order valence-corrected chi connectivity index (χ1v) is 8.67. The molecule has 0 bridgehead atoms. The van der Waals surface area contributed by atoms with Gasteiger partial charge in [-0.1, -0.05) is 36.4 Å². The molecule has 2 aromatic rings. The van der Waals surface area contributed by atoms with Gasteiger partial charge in [-0.2, -0.15) is 0 Å². The maximum Gasteiger partial charge on any atom is 0.194 e. The molecule has 2 heterocycles. The number of nitrogens with zero attached hydrogens (tertiary/aromatic N) is 2. The van der Waals surface area contributed by atoms with Gasteiger partial charge in [0.2, 0.25) is 0 Å². The number of halogens is 1. The number of rotatable bonds is 5. The standard InChI is InChI=1S/C20H25N3O.HI/c1-2-21-20(22-13-10-19-9-6-16-24-19)23-14-11-18(12-15-23)17-7-4-3-5-8-17;/h3-9,11,16H,2,10,12-15H2,1H3,(H,21,22);1H. The maximum absolute atomic E-state index is 5.37. The van der Waals surface area contributed by atoms with Crippen LogP contribution in [0.25, 0.3) is 5.57 Å². The number of hydrogen-bond donors (Lipinski definition) is 1. The zero-order chi connectivity index (χ0) is 16.6. The van der Waals surface area contributed by atoms with Crippen molar-refractivity contribution in [2.75, 3.05) is 26.2 Å². The molecule has 0 radical (unpaired) electrons. The molecule has 1 aromatic heterocycles. The number of benzene rings is 1. The zero-order valence-corrected chi connectivity index (χ0v) is 17.0. The molecule has 0 aliphatic carbocycles. The highest BCUT2D eigenvalue weighted by Crippen LogP contribution is 2.21. The average molecular weight is 451 g/mol. The molecule has 5 heteroatoms. The van der Waals surface area contributed by atoms with Crippen LogP contribution in [0.15, 0.2) is 64.2 Å². The van der Waals surface area contributed by atoms with Crippen LogP contribution in [0.2, 0.25) is 0 Å². The zero-order valence-electron chi connectivity index (χ0n) is 14.6. The summed E-state index contributed by atoms with van der Waals surface area (Å²) in [5.74, 6) is 1.98. The highest BCUT2D eigenvalue weighted by Gasteiger charge is 2.15. The van der Waals surface area contributed by atoms with E-state index in [0.29, 0.717) is 0 Å². The van der Waals surface area contributed by atoms with Gasteiger partial charge in [0.15, 0.2) is 5.96 Å². The highest BCUT2D eigenvalue weighted by atomic mass is 127. The van der Waals surface area contributed by atoms with Gasteiger partial charge in [-0.3, -0.25) is 4.99 Å². The summed E-state index contributed by atoms with van der Waals surface area (Å²) in [7, 11) is 0. The van der Waals surface area contributed by atoms with Crippen LogP contribution < -0.4 is 5.32 Å². The Morgan fingerprint density at radius 3 is 2.68 bits per heavy atom. The van der Waals surface area contributed by atoms with E-state index in [1.165, 1.54) is 11.1 Å². The van der Waals surface area contributed by atoms with Crippen LogP contribution in [0.1, 0.15) is 24.7 Å². The molecule has 0 saturated carbocycles. The molecule has 1 aliphatic heterocycles. The summed E-state index contributed by atoms with van der Waals surface area (Å²) >= 11 is 0. The van der Waals surface area contributed by atoms with Crippen LogP contribution >= 0.6 is 24.0 Å². The fraction of sp³-hybridized carbons (Fsp3) is 0.350. The highest BCUT2D eigenvalue weighted by molar-refractivity contribution is 14.0. The molecule has 0 unspecified atom stereocenters. The minimum absolute atomic E-state index is 0. The molecule has 134 valence electrons. The first kappa shape index (κ1) is 19.6. The fourth-order valence-electron chi connectivity index (χ4n) is 2.93. The Morgan fingerprint density at radius 1 is 1.20 bits per heavy atom. The maximum atomic E-state index is 5.37. The van der Waals surface area contributed by atoms with Crippen LogP contribution in [0, 0.1) is 0 Å². The summed E-state index contributed by atoms with van der Waals surface area (Å²) in [6, 6.07) is 14.6. The molecule has 1 N–H and O–H groups in total. The molecule has 3 rings (SSSR count). The van der Waals surface area contributed by atoms with Gasteiger partial charge < -0.3 is 14.6 Å². The second-order valence-corrected chi connectivity index (χ2v) is 5.86. The van der Waals surface area contributed by atoms with Crippen molar-refractivity contribution in [2.45, 2.75) is 19.8 Å². The summed E-state index contributed by atoms with van der Waals surface area (Å²) in [6.07, 6.45) is 5.91. The molecular weight excluding hydrogens is 425 g/mol. The van der Waals surface area contributed by atoms with E-state index in [1.807, 2.05) is 12.1 Å². The van der Waals surface area contributed by atoms with Crippen molar-refractivity contribution in [1.29, 1.82) is 0 Å². The van der Waals surface area contributed by atoms with Crippen molar-refractivity contribution in [3.05, 3.63) is 66.1 Å². The van der Waals surface area contributed by atoms with Gasteiger partial charge in [0.25, 0.3) is 0 Å². The lowest BCUT2D eigenvalue weighted by atomic mass is 10.00. The number of furan rings is 1. The minimum Gasteiger partial charge on any atom is -0.469 e. The smallest absolute Gasteiger partial charge is 0.194 e. The van der Waals surface area contributed by atoms with Crippen LogP contribution in [0.5, 0.6) is 0 Å². The predicted octanol–water partition coefficient (Wildman–Crippen LogP) is 4.19. The Hall–Kier alpha value is -1.76. The quantitative estimate of drug-likeness (QED) is 0.421. The van der Waals surface area contributed by atoms with Crippen molar-refractivity contribution < 1.29 is 4.42 Å². The van der Waals surface area contributed by atoms with Gasteiger partial charge in [0, 0.05) is 32.6 Å². The van der Waals surface area contributed by atoms with Gasteiger partial charge >= 0.3 is 0 Å². The largest absolute Gasteiger partial charge is 0.469 e. The van der Waals surface area contributed by atoms with E-state index in [1.54, 1.807) is 6.26 Å². The second kappa shape index (κ2) is 10.3.